The number of amides is 1. The van der Waals surface area contributed by atoms with Crippen LogP contribution in [0.15, 0.2) is 42.9 Å². The molecule has 0 unspecified atom stereocenters. The van der Waals surface area contributed by atoms with Gasteiger partial charge in [-0.05, 0) is 31.0 Å². The average molecular weight is 368 g/mol. The summed E-state index contributed by atoms with van der Waals surface area (Å²) in [6.07, 6.45) is 5.26. The van der Waals surface area contributed by atoms with Crippen LogP contribution >= 0.6 is 0 Å². The Morgan fingerprint density at radius 1 is 1.30 bits per heavy atom. The van der Waals surface area contributed by atoms with E-state index < -0.39 is 0 Å². The molecule has 140 valence electrons. The van der Waals surface area contributed by atoms with E-state index >= 15 is 0 Å². The number of hydrogen-bond donors (Lipinski definition) is 3. The summed E-state index contributed by atoms with van der Waals surface area (Å²) in [6.45, 7) is 1.60. The zero-order valence-corrected chi connectivity index (χ0v) is 14.8. The van der Waals surface area contributed by atoms with Gasteiger partial charge in [-0.2, -0.15) is 0 Å². The highest BCUT2D eigenvalue weighted by atomic mass is 19.1. The number of benzene rings is 1. The third-order valence-electron chi connectivity index (χ3n) is 4.73. The van der Waals surface area contributed by atoms with Crippen LogP contribution in [0.4, 0.5) is 15.9 Å². The minimum absolute atomic E-state index is 0.0256. The SMILES string of the molecule is O=C(CNc1ccccc1F)N[C@H]1CCCN(c2ncnc3[nH]ccc23)C1. The van der Waals surface area contributed by atoms with Gasteiger partial charge in [0, 0.05) is 25.3 Å². The number of aromatic nitrogens is 3. The smallest absolute Gasteiger partial charge is 0.239 e. The number of para-hydroxylation sites is 1. The molecule has 3 N–H and O–H groups in total. The maximum Gasteiger partial charge on any atom is 0.239 e. The number of anilines is 2. The molecular formula is C19H21FN6O. The molecule has 3 aromatic rings. The Morgan fingerprint density at radius 3 is 3.07 bits per heavy atom. The number of carbonyl (C=O) groups is 1. The number of carbonyl (C=O) groups excluding carboxylic acids is 1. The average Bonchev–Trinajstić information content (AvgIpc) is 3.16. The highest BCUT2D eigenvalue weighted by Crippen LogP contribution is 2.25. The van der Waals surface area contributed by atoms with E-state index in [1.165, 1.54) is 6.07 Å². The van der Waals surface area contributed by atoms with Crippen LogP contribution in [0.5, 0.6) is 0 Å². The summed E-state index contributed by atoms with van der Waals surface area (Å²) in [6, 6.07) is 8.31. The monoisotopic (exact) mass is 368 g/mol. The minimum atomic E-state index is -0.367. The molecule has 1 saturated heterocycles. The maximum absolute atomic E-state index is 13.6. The molecule has 1 aromatic carbocycles. The van der Waals surface area contributed by atoms with E-state index in [0.29, 0.717) is 12.2 Å². The first-order chi connectivity index (χ1) is 13.2. The quantitative estimate of drug-likeness (QED) is 0.643. The van der Waals surface area contributed by atoms with Gasteiger partial charge >= 0.3 is 0 Å². The molecule has 0 saturated carbocycles. The molecule has 1 aliphatic rings. The molecule has 0 spiro atoms. The molecule has 1 fully saturated rings. The van der Waals surface area contributed by atoms with Gasteiger partial charge in [0.2, 0.25) is 5.91 Å². The third-order valence-corrected chi connectivity index (χ3v) is 4.73. The lowest BCUT2D eigenvalue weighted by Crippen LogP contribution is -2.49. The van der Waals surface area contributed by atoms with Crippen molar-refractivity contribution in [1.29, 1.82) is 0 Å². The summed E-state index contributed by atoms with van der Waals surface area (Å²) in [7, 11) is 0. The van der Waals surface area contributed by atoms with E-state index in [0.717, 1.165) is 36.2 Å². The second-order valence-corrected chi connectivity index (χ2v) is 6.62. The second-order valence-electron chi connectivity index (χ2n) is 6.62. The highest BCUT2D eigenvalue weighted by Gasteiger charge is 2.23. The molecule has 0 bridgehead atoms. The number of H-pyrrole nitrogens is 1. The molecule has 4 rings (SSSR count). The van der Waals surface area contributed by atoms with E-state index in [1.54, 1.807) is 24.5 Å². The number of nitrogens with zero attached hydrogens (tertiary/aromatic N) is 3. The maximum atomic E-state index is 13.6. The van der Waals surface area contributed by atoms with Crippen LogP contribution in [0.1, 0.15) is 12.8 Å². The van der Waals surface area contributed by atoms with Crippen LogP contribution in [0.3, 0.4) is 0 Å². The van der Waals surface area contributed by atoms with Crippen molar-refractivity contribution in [3.05, 3.63) is 48.7 Å². The lowest BCUT2D eigenvalue weighted by Gasteiger charge is -2.34. The van der Waals surface area contributed by atoms with Crippen LogP contribution in [0, 0.1) is 5.82 Å². The van der Waals surface area contributed by atoms with E-state index in [1.807, 2.05) is 12.3 Å². The molecule has 1 aliphatic heterocycles. The van der Waals surface area contributed by atoms with Crippen molar-refractivity contribution in [3.63, 3.8) is 0 Å². The van der Waals surface area contributed by atoms with Gasteiger partial charge in [-0.25, -0.2) is 14.4 Å². The predicted molar refractivity (Wildman–Crippen MR) is 102 cm³/mol. The van der Waals surface area contributed by atoms with Crippen molar-refractivity contribution in [2.75, 3.05) is 29.9 Å². The fraction of sp³-hybridized carbons (Fsp3) is 0.316. The lowest BCUT2D eigenvalue weighted by atomic mass is 10.1. The third kappa shape index (κ3) is 3.84. The minimum Gasteiger partial charge on any atom is -0.374 e. The molecule has 1 amide bonds. The van der Waals surface area contributed by atoms with Crippen LogP contribution < -0.4 is 15.5 Å². The van der Waals surface area contributed by atoms with E-state index in [9.17, 15) is 9.18 Å². The Balaban J connectivity index is 1.36. The topological polar surface area (TPSA) is 85.9 Å². The first kappa shape index (κ1) is 17.3. The lowest BCUT2D eigenvalue weighted by molar-refractivity contribution is -0.120. The standard InChI is InChI=1S/C19H21FN6O/c20-15-5-1-2-6-16(15)22-10-17(27)25-13-4-3-9-26(11-13)19-14-7-8-21-18(14)23-12-24-19/h1-2,5-8,12-13,22H,3-4,9-11H2,(H,25,27)(H,21,23,24)/t13-/m0/s1. The summed E-state index contributed by atoms with van der Waals surface area (Å²) >= 11 is 0. The Hall–Kier alpha value is -3.16. The number of nitrogens with one attached hydrogen (secondary N) is 3. The molecule has 1 atom stereocenters. The van der Waals surface area contributed by atoms with Crippen molar-refractivity contribution in [2.45, 2.75) is 18.9 Å². The Bertz CT molecular complexity index is 943. The first-order valence-electron chi connectivity index (χ1n) is 9.01. The van der Waals surface area contributed by atoms with E-state index in [-0.39, 0.29) is 24.3 Å². The van der Waals surface area contributed by atoms with Crippen molar-refractivity contribution >= 4 is 28.4 Å². The van der Waals surface area contributed by atoms with Crippen LogP contribution in [-0.2, 0) is 4.79 Å². The summed E-state index contributed by atoms with van der Waals surface area (Å²) in [4.78, 5) is 26.2. The number of aromatic amines is 1. The van der Waals surface area contributed by atoms with Crippen molar-refractivity contribution in [2.24, 2.45) is 0 Å². The van der Waals surface area contributed by atoms with Gasteiger partial charge in [0.25, 0.3) is 0 Å². The highest BCUT2D eigenvalue weighted by molar-refractivity contribution is 5.87. The van der Waals surface area contributed by atoms with Gasteiger partial charge in [0.1, 0.15) is 23.6 Å². The number of fused-ring (bicyclic) bond motifs is 1. The van der Waals surface area contributed by atoms with E-state index in [4.69, 9.17) is 0 Å². The number of piperidine rings is 1. The molecule has 27 heavy (non-hydrogen) atoms. The number of hydrogen-bond acceptors (Lipinski definition) is 5. The number of halogens is 1. The largest absolute Gasteiger partial charge is 0.374 e. The summed E-state index contributed by atoms with van der Waals surface area (Å²) in [5, 5.41) is 6.85. The summed E-state index contributed by atoms with van der Waals surface area (Å²) in [5.41, 5.74) is 1.13. The van der Waals surface area contributed by atoms with Gasteiger partial charge in [-0.15, -0.1) is 0 Å². The fourth-order valence-corrected chi connectivity index (χ4v) is 3.46. The predicted octanol–water partition coefficient (Wildman–Crippen LogP) is 2.29. The molecular weight excluding hydrogens is 347 g/mol. The Morgan fingerprint density at radius 2 is 2.19 bits per heavy atom. The van der Waals surface area contributed by atoms with Gasteiger partial charge in [-0.1, -0.05) is 12.1 Å². The summed E-state index contributed by atoms with van der Waals surface area (Å²) in [5.74, 6) is 0.359. The van der Waals surface area contributed by atoms with Gasteiger partial charge in [0.05, 0.1) is 17.6 Å². The van der Waals surface area contributed by atoms with Gasteiger partial charge in [0.15, 0.2) is 0 Å². The first-order valence-corrected chi connectivity index (χ1v) is 9.01. The molecule has 0 aliphatic carbocycles. The van der Waals surface area contributed by atoms with Gasteiger partial charge < -0.3 is 20.5 Å². The molecule has 2 aromatic heterocycles. The molecule has 7 nitrogen and oxygen atoms in total. The molecule has 3 heterocycles. The van der Waals surface area contributed by atoms with Crippen LogP contribution in [-0.4, -0.2) is 46.5 Å². The summed E-state index contributed by atoms with van der Waals surface area (Å²) < 4.78 is 13.6. The van der Waals surface area contributed by atoms with Crippen molar-refractivity contribution < 1.29 is 9.18 Å². The zero-order chi connectivity index (χ0) is 18.6. The fourth-order valence-electron chi connectivity index (χ4n) is 3.46. The normalized spacial score (nSPS) is 17.1. The Kier molecular flexibility index (Phi) is 4.86. The Labute approximate surface area is 156 Å². The molecule has 8 heteroatoms. The second kappa shape index (κ2) is 7.61. The van der Waals surface area contributed by atoms with Crippen molar-refractivity contribution in [1.82, 2.24) is 20.3 Å². The zero-order valence-electron chi connectivity index (χ0n) is 14.8. The van der Waals surface area contributed by atoms with Crippen molar-refractivity contribution in [3.8, 4) is 0 Å². The van der Waals surface area contributed by atoms with Crippen LogP contribution in [0.2, 0.25) is 0 Å². The molecule has 0 radical (unpaired) electrons. The number of rotatable bonds is 5. The van der Waals surface area contributed by atoms with E-state index in [2.05, 4.69) is 30.5 Å². The van der Waals surface area contributed by atoms with Crippen LogP contribution in [0.25, 0.3) is 11.0 Å². The van der Waals surface area contributed by atoms with Gasteiger partial charge in [-0.3, -0.25) is 4.79 Å².